The summed E-state index contributed by atoms with van der Waals surface area (Å²) in [5, 5.41) is 7.45. The third kappa shape index (κ3) is 4.34. The second-order valence-corrected chi connectivity index (χ2v) is 9.63. The summed E-state index contributed by atoms with van der Waals surface area (Å²) in [5.74, 6) is 0.532. The van der Waals surface area contributed by atoms with Crippen molar-refractivity contribution in [1.82, 2.24) is 20.3 Å². The van der Waals surface area contributed by atoms with Crippen LogP contribution in [-0.4, -0.2) is 42.7 Å². The molecule has 1 fully saturated rings. The Hall–Kier alpha value is -1.58. The van der Waals surface area contributed by atoms with Crippen LogP contribution in [-0.2, 0) is 16.4 Å². The zero-order chi connectivity index (χ0) is 18.0. The molecule has 0 bridgehead atoms. The maximum Gasteiger partial charge on any atom is 0.223 e. The SMILES string of the molecule is Cc1nc(CNc2ncc(S(C)(=O)=O)c(C3CCCNC3)n2)sc1C. The summed E-state index contributed by atoms with van der Waals surface area (Å²) in [4.78, 5) is 14.7. The molecule has 9 heteroatoms. The van der Waals surface area contributed by atoms with Gasteiger partial charge in [-0.2, -0.15) is 0 Å². The van der Waals surface area contributed by atoms with Crippen molar-refractivity contribution in [2.45, 2.75) is 44.0 Å². The summed E-state index contributed by atoms with van der Waals surface area (Å²) in [5.41, 5.74) is 1.64. The predicted octanol–water partition coefficient (Wildman–Crippen LogP) is 2.03. The minimum absolute atomic E-state index is 0.0892. The number of piperidine rings is 1. The Morgan fingerprint density at radius 2 is 2.16 bits per heavy atom. The Morgan fingerprint density at radius 3 is 2.76 bits per heavy atom. The lowest BCUT2D eigenvalue weighted by atomic mass is 9.96. The topological polar surface area (TPSA) is 96.9 Å². The van der Waals surface area contributed by atoms with Crippen LogP contribution in [0.4, 0.5) is 5.95 Å². The molecule has 136 valence electrons. The van der Waals surface area contributed by atoms with Crippen molar-refractivity contribution in [3.05, 3.63) is 27.5 Å². The van der Waals surface area contributed by atoms with Gasteiger partial charge in [0.15, 0.2) is 9.84 Å². The molecular weight excluding hydrogens is 358 g/mol. The smallest absolute Gasteiger partial charge is 0.223 e. The van der Waals surface area contributed by atoms with Gasteiger partial charge in [0.1, 0.15) is 9.90 Å². The quantitative estimate of drug-likeness (QED) is 0.818. The first-order valence-electron chi connectivity index (χ1n) is 8.29. The van der Waals surface area contributed by atoms with E-state index in [1.165, 1.54) is 17.3 Å². The number of thiazole rings is 1. The molecule has 0 aromatic carbocycles. The second kappa shape index (κ2) is 7.35. The number of nitrogens with zero attached hydrogens (tertiary/aromatic N) is 3. The third-order valence-electron chi connectivity index (χ3n) is 4.34. The van der Waals surface area contributed by atoms with E-state index in [4.69, 9.17) is 0 Å². The minimum atomic E-state index is -3.36. The minimum Gasteiger partial charge on any atom is -0.348 e. The lowest BCUT2D eigenvalue weighted by Crippen LogP contribution is -2.30. The highest BCUT2D eigenvalue weighted by Gasteiger charge is 2.25. The molecule has 2 N–H and O–H groups in total. The summed E-state index contributed by atoms with van der Waals surface area (Å²) in [6, 6.07) is 0. The molecule has 1 unspecified atom stereocenters. The van der Waals surface area contributed by atoms with Crippen LogP contribution in [0.2, 0.25) is 0 Å². The van der Waals surface area contributed by atoms with Crippen LogP contribution in [0.1, 0.15) is 40.0 Å². The first-order valence-corrected chi connectivity index (χ1v) is 11.0. The van der Waals surface area contributed by atoms with Crippen molar-refractivity contribution in [3.8, 4) is 0 Å². The van der Waals surface area contributed by atoms with Crippen LogP contribution in [0.15, 0.2) is 11.1 Å². The molecule has 2 aromatic heterocycles. The number of rotatable bonds is 5. The number of hydrogen-bond donors (Lipinski definition) is 2. The molecule has 0 radical (unpaired) electrons. The fourth-order valence-corrected chi connectivity index (χ4v) is 4.61. The van der Waals surface area contributed by atoms with E-state index in [9.17, 15) is 8.42 Å². The molecule has 0 amide bonds. The Kier molecular flexibility index (Phi) is 5.35. The summed E-state index contributed by atoms with van der Waals surface area (Å²) in [6.07, 6.45) is 4.57. The van der Waals surface area contributed by atoms with Crippen LogP contribution >= 0.6 is 11.3 Å². The van der Waals surface area contributed by atoms with Crippen LogP contribution in [0.3, 0.4) is 0 Å². The molecule has 25 heavy (non-hydrogen) atoms. The summed E-state index contributed by atoms with van der Waals surface area (Å²) in [6.45, 7) is 6.26. The molecule has 1 aliphatic rings. The number of anilines is 1. The molecule has 1 saturated heterocycles. The average molecular weight is 382 g/mol. The Balaban J connectivity index is 1.85. The fourth-order valence-electron chi connectivity index (χ4n) is 2.90. The molecule has 1 aliphatic heterocycles. The van der Waals surface area contributed by atoms with Crippen molar-refractivity contribution in [3.63, 3.8) is 0 Å². The number of hydrogen-bond acceptors (Lipinski definition) is 8. The molecule has 3 rings (SSSR count). The average Bonchev–Trinajstić information content (AvgIpc) is 2.91. The van der Waals surface area contributed by atoms with Crippen LogP contribution in [0, 0.1) is 13.8 Å². The van der Waals surface area contributed by atoms with Crippen LogP contribution < -0.4 is 10.6 Å². The van der Waals surface area contributed by atoms with Gasteiger partial charge in [0.05, 0.1) is 24.1 Å². The molecular formula is C16H23N5O2S2. The first-order chi connectivity index (χ1) is 11.8. The van der Waals surface area contributed by atoms with Crippen molar-refractivity contribution in [2.24, 2.45) is 0 Å². The van der Waals surface area contributed by atoms with E-state index in [1.807, 2.05) is 13.8 Å². The summed E-state index contributed by atoms with van der Waals surface area (Å²) >= 11 is 1.64. The lowest BCUT2D eigenvalue weighted by Gasteiger charge is -2.24. The fraction of sp³-hybridized carbons (Fsp3) is 0.562. The predicted molar refractivity (Wildman–Crippen MR) is 98.9 cm³/mol. The highest BCUT2D eigenvalue weighted by Crippen LogP contribution is 2.28. The molecule has 0 spiro atoms. The van der Waals surface area contributed by atoms with E-state index in [-0.39, 0.29) is 10.8 Å². The highest BCUT2D eigenvalue weighted by atomic mass is 32.2. The number of sulfone groups is 1. The van der Waals surface area contributed by atoms with Gasteiger partial charge in [-0.05, 0) is 33.2 Å². The van der Waals surface area contributed by atoms with Gasteiger partial charge in [0.2, 0.25) is 5.95 Å². The lowest BCUT2D eigenvalue weighted by molar-refractivity contribution is 0.448. The number of aromatic nitrogens is 3. The van der Waals surface area contributed by atoms with E-state index >= 15 is 0 Å². The molecule has 7 nitrogen and oxygen atoms in total. The molecule has 1 atom stereocenters. The van der Waals surface area contributed by atoms with E-state index in [2.05, 4.69) is 25.6 Å². The normalized spacial score (nSPS) is 18.3. The Labute approximate surface area is 152 Å². The summed E-state index contributed by atoms with van der Waals surface area (Å²) < 4.78 is 24.2. The van der Waals surface area contributed by atoms with Gasteiger partial charge in [-0.25, -0.2) is 23.4 Å². The molecule has 0 aliphatic carbocycles. The summed E-state index contributed by atoms with van der Waals surface area (Å²) in [7, 11) is -3.36. The zero-order valence-corrected chi connectivity index (χ0v) is 16.3. The van der Waals surface area contributed by atoms with Gasteiger partial charge >= 0.3 is 0 Å². The van der Waals surface area contributed by atoms with Crippen molar-refractivity contribution >= 4 is 27.1 Å². The standard InChI is InChI=1S/C16H23N5O2S2/c1-10-11(2)24-14(20-10)9-19-16-18-8-13(25(3,22)23)15(21-16)12-5-4-6-17-7-12/h8,12,17H,4-7,9H2,1-3H3,(H,18,19,21). The highest BCUT2D eigenvalue weighted by molar-refractivity contribution is 7.90. The number of nitrogens with one attached hydrogen (secondary N) is 2. The van der Waals surface area contributed by atoms with Gasteiger partial charge < -0.3 is 10.6 Å². The van der Waals surface area contributed by atoms with Crippen LogP contribution in [0.5, 0.6) is 0 Å². The van der Waals surface area contributed by atoms with Gasteiger partial charge in [0, 0.05) is 23.6 Å². The van der Waals surface area contributed by atoms with Crippen molar-refractivity contribution < 1.29 is 8.42 Å². The van der Waals surface area contributed by atoms with E-state index in [0.29, 0.717) is 18.2 Å². The Morgan fingerprint density at radius 1 is 1.36 bits per heavy atom. The van der Waals surface area contributed by atoms with E-state index in [0.717, 1.165) is 36.6 Å². The monoisotopic (exact) mass is 381 g/mol. The van der Waals surface area contributed by atoms with E-state index < -0.39 is 9.84 Å². The van der Waals surface area contributed by atoms with Gasteiger partial charge in [-0.1, -0.05) is 0 Å². The molecule has 3 heterocycles. The van der Waals surface area contributed by atoms with Crippen molar-refractivity contribution in [2.75, 3.05) is 24.7 Å². The van der Waals surface area contributed by atoms with Gasteiger partial charge in [0.25, 0.3) is 0 Å². The third-order valence-corrected chi connectivity index (χ3v) is 6.52. The van der Waals surface area contributed by atoms with Crippen molar-refractivity contribution in [1.29, 1.82) is 0 Å². The molecule has 2 aromatic rings. The van der Waals surface area contributed by atoms with Gasteiger partial charge in [-0.3, -0.25) is 0 Å². The Bertz CT molecular complexity index is 838. The molecule has 0 saturated carbocycles. The van der Waals surface area contributed by atoms with Gasteiger partial charge in [-0.15, -0.1) is 11.3 Å². The zero-order valence-electron chi connectivity index (χ0n) is 14.7. The second-order valence-electron chi connectivity index (χ2n) is 6.36. The maximum absolute atomic E-state index is 12.1. The van der Waals surface area contributed by atoms with Crippen LogP contribution in [0.25, 0.3) is 0 Å². The first kappa shape index (κ1) is 18.2. The van der Waals surface area contributed by atoms with E-state index in [1.54, 1.807) is 11.3 Å². The maximum atomic E-state index is 12.1. The largest absolute Gasteiger partial charge is 0.348 e. The number of aryl methyl sites for hydroxylation is 2.